The van der Waals surface area contributed by atoms with Crippen LogP contribution in [0.25, 0.3) is 0 Å². The molecule has 0 saturated carbocycles. The van der Waals surface area contributed by atoms with Gasteiger partial charge in [0.25, 0.3) is 0 Å². The number of rotatable bonds is 5. The Balaban J connectivity index is 3.08. The van der Waals surface area contributed by atoms with Gasteiger partial charge in [-0.15, -0.1) is 0 Å². The molecule has 0 bridgehead atoms. The number of hydrogen-bond acceptors (Lipinski definition) is 2. The molecule has 16 heavy (non-hydrogen) atoms. The second kappa shape index (κ2) is 5.41. The maximum atomic E-state index is 13.6. The molecule has 90 valence electrons. The average molecular weight is 225 g/mol. The third-order valence-corrected chi connectivity index (χ3v) is 3.41. The maximum absolute atomic E-state index is 13.6. The molecule has 3 heteroatoms. The lowest BCUT2D eigenvalue weighted by molar-refractivity contribution is -0.0393. The molecule has 2 N–H and O–H groups in total. The van der Waals surface area contributed by atoms with Crippen molar-refractivity contribution in [3.05, 3.63) is 35.6 Å². The summed E-state index contributed by atoms with van der Waals surface area (Å²) in [4.78, 5) is 0. The van der Waals surface area contributed by atoms with Crippen LogP contribution in [0.1, 0.15) is 38.3 Å². The predicted octanol–water partition coefficient (Wildman–Crippen LogP) is 3.03. The van der Waals surface area contributed by atoms with Crippen molar-refractivity contribution in [2.75, 3.05) is 7.11 Å². The van der Waals surface area contributed by atoms with Crippen LogP contribution < -0.4 is 5.73 Å². The molecule has 1 aromatic rings. The molecule has 0 aromatic heterocycles. The first-order chi connectivity index (χ1) is 7.61. The third kappa shape index (κ3) is 2.25. The van der Waals surface area contributed by atoms with Crippen LogP contribution in [0.2, 0.25) is 0 Å². The third-order valence-electron chi connectivity index (χ3n) is 3.41. The van der Waals surface area contributed by atoms with Crippen molar-refractivity contribution in [3.8, 4) is 0 Å². The Labute approximate surface area is 96.6 Å². The van der Waals surface area contributed by atoms with Gasteiger partial charge in [0.05, 0.1) is 11.6 Å². The molecule has 1 rings (SSSR count). The van der Waals surface area contributed by atoms with Crippen LogP contribution in [0.5, 0.6) is 0 Å². The van der Waals surface area contributed by atoms with Gasteiger partial charge in [-0.05, 0) is 18.9 Å². The highest BCUT2D eigenvalue weighted by Crippen LogP contribution is 2.33. The summed E-state index contributed by atoms with van der Waals surface area (Å²) < 4.78 is 19.2. The lowest BCUT2D eigenvalue weighted by Crippen LogP contribution is -2.42. The maximum Gasteiger partial charge on any atom is 0.128 e. The summed E-state index contributed by atoms with van der Waals surface area (Å²) in [5.41, 5.74) is 6.18. The first-order valence-corrected chi connectivity index (χ1v) is 5.66. The summed E-state index contributed by atoms with van der Waals surface area (Å²) in [6.07, 6.45) is 1.52. The van der Waals surface area contributed by atoms with Crippen LogP contribution in [-0.2, 0) is 4.74 Å². The smallest absolute Gasteiger partial charge is 0.128 e. The van der Waals surface area contributed by atoms with E-state index >= 15 is 0 Å². The van der Waals surface area contributed by atoms with Crippen molar-refractivity contribution in [2.24, 2.45) is 5.73 Å². The van der Waals surface area contributed by atoms with Crippen molar-refractivity contribution in [1.82, 2.24) is 0 Å². The summed E-state index contributed by atoms with van der Waals surface area (Å²) in [6, 6.07) is 6.18. The Bertz CT molecular complexity index is 328. The summed E-state index contributed by atoms with van der Waals surface area (Å²) in [5, 5.41) is 0. The van der Waals surface area contributed by atoms with E-state index in [1.807, 2.05) is 13.8 Å². The molecule has 0 saturated heterocycles. The van der Waals surface area contributed by atoms with Gasteiger partial charge < -0.3 is 10.5 Å². The number of halogens is 1. The quantitative estimate of drug-likeness (QED) is 0.836. The number of nitrogens with two attached hydrogens (primary N) is 1. The van der Waals surface area contributed by atoms with E-state index in [4.69, 9.17) is 10.5 Å². The van der Waals surface area contributed by atoms with Gasteiger partial charge in [-0.1, -0.05) is 32.0 Å². The van der Waals surface area contributed by atoms with E-state index in [2.05, 4.69) is 0 Å². The molecule has 0 radical (unpaired) electrons. The molecule has 0 fully saturated rings. The second-order valence-corrected chi connectivity index (χ2v) is 3.98. The van der Waals surface area contributed by atoms with Crippen LogP contribution in [0.3, 0.4) is 0 Å². The van der Waals surface area contributed by atoms with Gasteiger partial charge in [0.2, 0.25) is 0 Å². The van der Waals surface area contributed by atoms with Crippen LogP contribution in [-0.4, -0.2) is 12.7 Å². The molecule has 0 aliphatic carbocycles. The summed E-state index contributed by atoms with van der Waals surface area (Å²) in [6.45, 7) is 4.02. The standard InChI is InChI=1S/C13H20FNO/c1-4-13(5-2,16-3)12(15)10-8-6-7-9-11(10)14/h6-9,12H,4-5,15H2,1-3H3. The van der Waals surface area contributed by atoms with Crippen LogP contribution in [0.4, 0.5) is 4.39 Å². The van der Waals surface area contributed by atoms with E-state index in [0.29, 0.717) is 5.56 Å². The monoisotopic (exact) mass is 225 g/mol. The minimum Gasteiger partial charge on any atom is -0.376 e. The van der Waals surface area contributed by atoms with Gasteiger partial charge in [-0.25, -0.2) is 4.39 Å². The van der Waals surface area contributed by atoms with E-state index < -0.39 is 11.6 Å². The van der Waals surface area contributed by atoms with Crippen LogP contribution in [0.15, 0.2) is 24.3 Å². The van der Waals surface area contributed by atoms with E-state index in [0.717, 1.165) is 12.8 Å². The highest BCUT2D eigenvalue weighted by Gasteiger charge is 2.35. The zero-order chi connectivity index (χ0) is 12.2. The van der Waals surface area contributed by atoms with Crippen molar-refractivity contribution in [3.63, 3.8) is 0 Å². The molecular weight excluding hydrogens is 205 g/mol. The van der Waals surface area contributed by atoms with Gasteiger partial charge >= 0.3 is 0 Å². The second-order valence-electron chi connectivity index (χ2n) is 3.98. The zero-order valence-corrected chi connectivity index (χ0v) is 10.2. The Morgan fingerprint density at radius 2 is 1.88 bits per heavy atom. The normalized spacial score (nSPS) is 13.8. The van der Waals surface area contributed by atoms with Crippen molar-refractivity contribution in [2.45, 2.75) is 38.3 Å². The van der Waals surface area contributed by atoms with Gasteiger partial charge in [0.1, 0.15) is 5.82 Å². The molecule has 0 spiro atoms. The SMILES string of the molecule is CCC(CC)(OC)C(N)c1ccccc1F. The lowest BCUT2D eigenvalue weighted by Gasteiger charge is -2.36. The van der Waals surface area contributed by atoms with E-state index in [1.165, 1.54) is 6.07 Å². The summed E-state index contributed by atoms with van der Waals surface area (Å²) in [5.74, 6) is -0.265. The Morgan fingerprint density at radius 1 is 1.31 bits per heavy atom. The fourth-order valence-electron chi connectivity index (χ4n) is 2.12. The molecule has 1 atom stereocenters. The van der Waals surface area contributed by atoms with E-state index in [-0.39, 0.29) is 5.82 Å². The van der Waals surface area contributed by atoms with E-state index in [1.54, 1.807) is 25.3 Å². The number of ether oxygens (including phenoxy) is 1. The fourth-order valence-corrected chi connectivity index (χ4v) is 2.12. The predicted molar refractivity (Wildman–Crippen MR) is 63.7 cm³/mol. The van der Waals surface area contributed by atoms with Crippen molar-refractivity contribution < 1.29 is 9.13 Å². The topological polar surface area (TPSA) is 35.2 Å². The molecule has 2 nitrogen and oxygen atoms in total. The first-order valence-electron chi connectivity index (χ1n) is 5.66. The number of hydrogen-bond donors (Lipinski definition) is 1. The minimum absolute atomic E-state index is 0.265. The Kier molecular flexibility index (Phi) is 4.44. The van der Waals surface area contributed by atoms with Crippen molar-refractivity contribution in [1.29, 1.82) is 0 Å². The minimum atomic E-state index is -0.484. The number of methoxy groups -OCH3 is 1. The van der Waals surface area contributed by atoms with E-state index in [9.17, 15) is 4.39 Å². The summed E-state index contributed by atoms with van der Waals surface area (Å²) in [7, 11) is 1.63. The number of benzene rings is 1. The van der Waals surface area contributed by atoms with Gasteiger partial charge in [-0.2, -0.15) is 0 Å². The van der Waals surface area contributed by atoms with Crippen molar-refractivity contribution >= 4 is 0 Å². The summed E-state index contributed by atoms with van der Waals surface area (Å²) >= 11 is 0. The van der Waals surface area contributed by atoms with Gasteiger partial charge in [0, 0.05) is 12.7 Å². The molecule has 0 amide bonds. The fraction of sp³-hybridized carbons (Fsp3) is 0.538. The molecule has 0 aliphatic rings. The Hall–Kier alpha value is -0.930. The van der Waals surface area contributed by atoms with Gasteiger partial charge in [-0.3, -0.25) is 0 Å². The lowest BCUT2D eigenvalue weighted by atomic mass is 9.84. The van der Waals surface area contributed by atoms with Crippen LogP contribution in [0, 0.1) is 5.82 Å². The Morgan fingerprint density at radius 3 is 2.31 bits per heavy atom. The average Bonchev–Trinajstić information content (AvgIpc) is 2.32. The molecule has 0 heterocycles. The molecular formula is C13H20FNO. The largest absolute Gasteiger partial charge is 0.376 e. The molecule has 1 aromatic carbocycles. The highest BCUT2D eigenvalue weighted by molar-refractivity contribution is 5.23. The molecule has 1 unspecified atom stereocenters. The highest BCUT2D eigenvalue weighted by atomic mass is 19.1. The first kappa shape index (κ1) is 13.1. The zero-order valence-electron chi connectivity index (χ0n) is 10.2. The van der Waals surface area contributed by atoms with Crippen LogP contribution >= 0.6 is 0 Å². The molecule has 0 aliphatic heterocycles. The van der Waals surface area contributed by atoms with Gasteiger partial charge in [0.15, 0.2) is 0 Å².